The van der Waals surface area contributed by atoms with E-state index in [4.69, 9.17) is 9.15 Å². The van der Waals surface area contributed by atoms with Crippen LogP contribution in [0.4, 0.5) is 17.1 Å². The van der Waals surface area contributed by atoms with Crippen molar-refractivity contribution in [1.29, 1.82) is 0 Å². The first-order chi connectivity index (χ1) is 16.5. The summed E-state index contributed by atoms with van der Waals surface area (Å²) in [6, 6.07) is 11.7. The highest BCUT2D eigenvalue weighted by Gasteiger charge is 2.22. The molecule has 1 aromatic heterocycles. The summed E-state index contributed by atoms with van der Waals surface area (Å²) >= 11 is 0. The molecular formula is C25H28N4O5. The Morgan fingerprint density at radius 2 is 1.65 bits per heavy atom. The van der Waals surface area contributed by atoms with Crippen molar-refractivity contribution in [3.8, 4) is 5.75 Å². The fourth-order valence-electron chi connectivity index (χ4n) is 4.39. The lowest BCUT2D eigenvalue weighted by Gasteiger charge is -2.34. The van der Waals surface area contributed by atoms with Crippen LogP contribution in [0.3, 0.4) is 0 Å². The van der Waals surface area contributed by atoms with Gasteiger partial charge in [0.15, 0.2) is 16.8 Å². The van der Waals surface area contributed by atoms with E-state index in [1.807, 2.05) is 31.3 Å². The van der Waals surface area contributed by atoms with Gasteiger partial charge < -0.3 is 34.3 Å². The number of morpholine rings is 1. The van der Waals surface area contributed by atoms with Crippen LogP contribution in [0.1, 0.15) is 10.6 Å². The molecular weight excluding hydrogens is 436 g/mol. The zero-order valence-electron chi connectivity index (χ0n) is 19.1. The number of carbonyl (C=O) groups excluding carboxylic acids is 1. The summed E-state index contributed by atoms with van der Waals surface area (Å²) in [5.74, 6) is -0.586. The Labute approximate surface area is 197 Å². The molecule has 1 amide bonds. The Morgan fingerprint density at radius 3 is 2.35 bits per heavy atom. The molecule has 2 fully saturated rings. The van der Waals surface area contributed by atoms with Gasteiger partial charge in [-0.3, -0.25) is 9.59 Å². The Kier molecular flexibility index (Phi) is 6.12. The fourth-order valence-corrected chi connectivity index (χ4v) is 4.39. The molecule has 2 aliphatic rings. The third-order valence-electron chi connectivity index (χ3n) is 6.36. The molecule has 3 aromatic rings. The second-order valence-corrected chi connectivity index (χ2v) is 8.71. The highest BCUT2D eigenvalue weighted by atomic mass is 16.5. The molecule has 9 heteroatoms. The zero-order valence-corrected chi connectivity index (χ0v) is 19.1. The molecule has 0 radical (unpaired) electrons. The number of carbonyl (C=O) groups is 1. The van der Waals surface area contributed by atoms with E-state index in [-0.39, 0.29) is 22.3 Å². The number of phenolic OH excluding ortho intramolecular Hbond substituents is 1. The number of fused-ring (bicyclic) bond motifs is 1. The maximum absolute atomic E-state index is 13.0. The van der Waals surface area contributed by atoms with Crippen molar-refractivity contribution < 1.29 is 19.1 Å². The standard InChI is InChI=1S/C25H28N4O5/c1-27-6-8-29(9-7-27)21-15-19(30)14-20-22(31)16-23(34-24(20)21)25(32)26-17-2-4-18(5-3-17)28-10-12-33-13-11-28/h2-5,14-16,30H,6-13H2,1H3,(H,26,32). The number of aromatic hydroxyl groups is 1. The van der Waals surface area contributed by atoms with Gasteiger partial charge >= 0.3 is 0 Å². The van der Waals surface area contributed by atoms with Crippen molar-refractivity contribution in [3.05, 3.63) is 58.4 Å². The molecule has 5 rings (SSSR count). The minimum Gasteiger partial charge on any atom is -0.508 e. The zero-order chi connectivity index (χ0) is 23.7. The molecule has 2 N–H and O–H groups in total. The average Bonchev–Trinajstić information content (AvgIpc) is 2.85. The van der Waals surface area contributed by atoms with Gasteiger partial charge in [0, 0.05) is 62.8 Å². The van der Waals surface area contributed by atoms with Crippen LogP contribution in [0.15, 0.2) is 51.7 Å². The van der Waals surface area contributed by atoms with E-state index in [1.54, 1.807) is 6.07 Å². The number of amides is 1. The normalized spacial score (nSPS) is 17.2. The lowest BCUT2D eigenvalue weighted by Crippen LogP contribution is -2.44. The third kappa shape index (κ3) is 4.57. The number of benzene rings is 2. The van der Waals surface area contributed by atoms with Crippen molar-refractivity contribution in [2.45, 2.75) is 0 Å². The van der Waals surface area contributed by atoms with E-state index in [0.29, 0.717) is 30.2 Å². The summed E-state index contributed by atoms with van der Waals surface area (Å²) in [5, 5.41) is 13.3. The highest BCUT2D eigenvalue weighted by Crippen LogP contribution is 2.31. The van der Waals surface area contributed by atoms with Crippen LogP contribution >= 0.6 is 0 Å². The van der Waals surface area contributed by atoms with Gasteiger partial charge in [-0.25, -0.2) is 0 Å². The first kappa shape index (κ1) is 22.2. The molecule has 0 unspecified atom stereocenters. The van der Waals surface area contributed by atoms with Gasteiger partial charge in [0.25, 0.3) is 5.91 Å². The minimum absolute atomic E-state index is 0.00807. The van der Waals surface area contributed by atoms with Gasteiger partial charge in [0.2, 0.25) is 0 Å². The first-order valence-electron chi connectivity index (χ1n) is 11.5. The number of likely N-dealkylation sites (N-methyl/N-ethyl adjacent to an activating group) is 1. The van der Waals surface area contributed by atoms with Crippen LogP contribution in [0.2, 0.25) is 0 Å². The SMILES string of the molecule is CN1CCN(c2cc(O)cc3c(=O)cc(C(=O)Nc4ccc(N5CCOCC5)cc4)oc23)CC1. The molecule has 0 aliphatic carbocycles. The Hall–Kier alpha value is -3.56. The van der Waals surface area contributed by atoms with E-state index in [0.717, 1.165) is 45.0 Å². The Balaban J connectivity index is 1.41. The predicted octanol–water partition coefficient (Wildman–Crippen LogP) is 2.34. The number of piperazine rings is 1. The molecule has 3 heterocycles. The third-order valence-corrected chi connectivity index (χ3v) is 6.36. The molecule has 0 saturated carbocycles. The van der Waals surface area contributed by atoms with Crippen LogP contribution in [0.5, 0.6) is 5.75 Å². The van der Waals surface area contributed by atoms with Crippen LogP contribution in [-0.2, 0) is 4.74 Å². The monoisotopic (exact) mass is 464 g/mol. The molecule has 2 saturated heterocycles. The smallest absolute Gasteiger partial charge is 0.291 e. The second-order valence-electron chi connectivity index (χ2n) is 8.71. The number of nitrogens with zero attached hydrogens (tertiary/aromatic N) is 3. The minimum atomic E-state index is -0.504. The largest absolute Gasteiger partial charge is 0.508 e. The van der Waals surface area contributed by atoms with E-state index in [2.05, 4.69) is 20.0 Å². The Morgan fingerprint density at radius 1 is 0.941 bits per heavy atom. The number of ether oxygens (including phenoxy) is 1. The van der Waals surface area contributed by atoms with Gasteiger partial charge in [0.05, 0.1) is 24.3 Å². The Bertz CT molecular complexity index is 1240. The summed E-state index contributed by atoms with van der Waals surface area (Å²) in [5.41, 5.74) is 2.22. The molecule has 0 atom stereocenters. The second kappa shape index (κ2) is 9.36. The van der Waals surface area contributed by atoms with Gasteiger partial charge in [0.1, 0.15) is 5.75 Å². The number of anilines is 3. The van der Waals surface area contributed by atoms with Gasteiger partial charge in [-0.2, -0.15) is 0 Å². The van der Waals surface area contributed by atoms with Gasteiger partial charge in [-0.1, -0.05) is 0 Å². The molecule has 2 aliphatic heterocycles. The molecule has 9 nitrogen and oxygen atoms in total. The van der Waals surface area contributed by atoms with Crippen molar-refractivity contribution in [2.24, 2.45) is 0 Å². The number of hydrogen-bond donors (Lipinski definition) is 2. The van der Waals surface area contributed by atoms with Gasteiger partial charge in [-0.15, -0.1) is 0 Å². The van der Waals surface area contributed by atoms with E-state index in [1.165, 1.54) is 12.1 Å². The summed E-state index contributed by atoms with van der Waals surface area (Å²) in [6.07, 6.45) is 0. The number of nitrogens with one attached hydrogen (secondary N) is 1. The predicted molar refractivity (Wildman–Crippen MR) is 131 cm³/mol. The molecule has 0 bridgehead atoms. The van der Waals surface area contributed by atoms with E-state index >= 15 is 0 Å². The van der Waals surface area contributed by atoms with Crippen LogP contribution in [0, 0.1) is 0 Å². The lowest BCUT2D eigenvalue weighted by molar-refractivity contribution is 0.0997. The van der Waals surface area contributed by atoms with Crippen LogP contribution in [-0.4, -0.2) is 75.4 Å². The maximum atomic E-state index is 13.0. The lowest BCUT2D eigenvalue weighted by atomic mass is 10.1. The molecule has 178 valence electrons. The van der Waals surface area contributed by atoms with Crippen molar-refractivity contribution in [3.63, 3.8) is 0 Å². The number of hydrogen-bond acceptors (Lipinski definition) is 8. The van der Waals surface area contributed by atoms with Crippen molar-refractivity contribution in [1.82, 2.24) is 4.90 Å². The topological polar surface area (TPSA) is 98.5 Å². The molecule has 2 aromatic carbocycles. The average molecular weight is 465 g/mol. The fraction of sp³-hybridized carbons (Fsp3) is 0.360. The molecule has 34 heavy (non-hydrogen) atoms. The molecule has 0 spiro atoms. The van der Waals surface area contributed by atoms with Gasteiger partial charge in [-0.05, 0) is 37.4 Å². The van der Waals surface area contributed by atoms with E-state index < -0.39 is 5.91 Å². The van der Waals surface area contributed by atoms with Crippen LogP contribution < -0.4 is 20.5 Å². The quantitative estimate of drug-likeness (QED) is 0.607. The maximum Gasteiger partial charge on any atom is 0.291 e. The van der Waals surface area contributed by atoms with E-state index in [9.17, 15) is 14.7 Å². The summed E-state index contributed by atoms with van der Waals surface area (Å²) < 4.78 is 11.4. The first-order valence-corrected chi connectivity index (χ1v) is 11.5. The van der Waals surface area contributed by atoms with Crippen molar-refractivity contribution >= 4 is 33.9 Å². The number of phenols is 1. The summed E-state index contributed by atoms with van der Waals surface area (Å²) in [4.78, 5) is 32.3. The number of rotatable bonds is 4. The van der Waals surface area contributed by atoms with Crippen molar-refractivity contribution in [2.75, 3.05) is 74.6 Å². The highest BCUT2D eigenvalue weighted by molar-refractivity contribution is 6.03. The summed E-state index contributed by atoms with van der Waals surface area (Å²) in [7, 11) is 2.05. The van der Waals surface area contributed by atoms with Crippen LogP contribution in [0.25, 0.3) is 11.0 Å². The summed E-state index contributed by atoms with van der Waals surface area (Å²) in [6.45, 7) is 6.22.